The van der Waals surface area contributed by atoms with Crippen molar-refractivity contribution in [1.29, 1.82) is 0 Å². The third-order valence-electron chi connectivity index (χ3n) is 3.67. The molecule has 2 heterocycles. The Hall–Kier alpha value is -2.41. The molecule has 3 rings (SSSR count). The van der Waals surface area contributed by atoms with Gasteiger partial charge in [0.15, 0.2) is 0 Å². The van der Waals surface area contributed by atoms with Gasteiger partial charge in [-0.2, -0.15) is 0 Å². The molecular weight excluding hydrogens is 329 g/mol. The minimum atomic E-state index is -0.624. The zero-order valence-electron chi connectivity index (χ0n) is 12.7. The number of carbonyl (C=O) groups excluding carboxylic acids is 2. The van der Waals surface area contributed by atoms with Gasteiger partial charge in [0.25, 0.3) is 0 Å². The van der Waals surface area contributed by atoms with Crippen LogP contribution < -0.4 is 10.6 Å². The Morgan fingerprint density at radius 3 is 2.79 bits per heavy atom. The van der Waals surface area contributed by atoms with Crippen molar-refractivity contribution in [2.75, 3.05) is 11.1 Å². The average molecular weight is 345 g/mol. The van der Waals surface area contributed by atoms with E-state index in [-0.39, 0.29) is 17.6 Å². The Labute approximate surface area is 143 Å². The van der Waals surface area contributed by atoms with Crippen LogP contribution in [0.4, 0.5) is 10.2 Å². The molecule has 1 fully saturated rings. The molecular formula is C17H16FN3O2S. The highest BCUT2D eigenvalue weighted by molar-refractivity contribution is 8.00. The lowest BCUT2D eigenvalue weighted by Crippen LogP contribution is -2.52. The molecule has 0 saturated carbocycles. The monoisotopic (exact) mass is 345 g/mol. The van der Waals surface area contributed by atoms with E-state index in [0.29, 0.717) is 23.6 Å². The SMILES string of the molecule is O=C(Nc1ccccn1)[C@H]1CS[C@H](Cc2ccccc2F)C(=O)N1. The fourth-order valence-corrected chi connectivity index (χ4v) is 3.58. The summed E-state index contributed by atoms with van der Waals surface area (Å²) < 4.78 is 13.7. The number of carbonyl (C=O) groups is 2. The molecule has 2 N–H and O–H groups in total. The molecule has 1 aromatic carbocycles. The van der Waals surface area contributed by atoms with Crippen LogP contribution in [0.2, 0.25) is 0 Å². The quantitative estimate of drug-likeness (QED) is 0.889. The largest absolute Gasteiger partial charge is 0.343 e. The molecule has 0 aliphatic carbocycles. The number of amides is 2. The van der Waals surface area contributed by atoms with E-state index in [1.807, 2.05) is 0 Å². The molecule has 1 aromatic heterocycles. The number of benzene rings is 1. The number of pyridine rings is 1. The van der Waals surface area contributed by atoms with Gasteiger partial charge in [-0.3, -0.25) is 9.59 Å². The first-order chi connectivity index (χ1) is 11.6. The van der Waals surface area contributed by atoms with Crippen LogP contribution in [0.15, 0.2) is 48.7 Å². The molecule has 0 bridgehead atoms. The van der Waals surface area contributed by atoms with Crippen LogP contribution in [-0.4, -0.2) is 33.8 Å². The summed E-state index contributed by atoms with van der Waals surface area (Å²) in [5.41, 5.74) is 0.501. The van der Waals surface area contributed by atoms with E-state index < -0.39 is 11.3 Å². The van der Waals surface area contributed by atoms with Crippen molar-refractivity contribution in [2.24, 2.45) is 0 Å². The summed E-state index contributed by atoms with van der Waals surface area (Å²) in [5.74, 6) is -0.00510. The number of nitrogens with one attached hydrogen (secondary N) is 2. The summed E-state index contributed by atoms with van der Waals surface area (Å²) in [5, 5.41) is 4.97. The van der Waals surface area contributed by atoms with Crippen LogP contribution >= 0.6 is 11.8 Å². The molecule has 24 heavy (non-hydrogen) atoms. The molecule has 7 heteroatoms. The van der Waals surface area contributed by atoms with Gasteiger partial charge in [0.1, 0.15) is 17.7 Å². The van der Waals surface area contributed by atoms with Crippen molar-refractivity contribution in [3.63, 3.8) is 0 Å². The minimum Gasteiger partial charge on any atom is -0.343 e. The highest BCUT2D eigenvalue weighted by atomic mass is 32.2. The molecule has 2 atom stereocenters. The third-order valence-corrected chi connectivity index (χ3v) is 4.98. The van der Waals surface area contributed by atoms with Gasteiger partial charge in [-0.15, -0.1) is 11.8 Å². The van der Waals surface area contributed by atoms with Crippen LogP contribution in [0.25, 0.3) is 0 Å². The summed E-state index contributed by atoms with van der Waals surface area (Å²) in [6.45, 7) is 0. The number of aromatic nitrogens is 1. The number of rotatable bonds is 4. The number of thioether (sulfide) groups is 1. The average Bonchev–Trinajstić information content (AvgIpc) is 2.59. The van der Waals surface area contributed by atoms with Gasteiger partial charge >= 0.3 is 0 Å². The minimum absolute atomic E-state index is 0.254. The number of hydrogen-bond acceptors (Lipinski definition) is 4. The maximum atomic E-state index is 13.7. The second-order valence-electron chi connectivity index (χ2n) is 5.38. The number of halogens is 1. The lowest BCUT2D eigenvalue weighted by molar-refractivity contribution is -0.126. The Morgan fingerprint density at radius 2 is 2.08 bits per heavy atom. The summed E-state index contributed by atoms with van der Waals surface area (Å²) in [7, 11) is 0. The number of nitrogens with zero attached hydrogens (tertiary/aromatic N) is 1. The first kappa shape index (κ1) is 16.4. The Morgan fingerprint density at radius 1 is 1.29 bits per heavy atom. The van der Waals surface area contributed by atoms with Crippen LogP contribution in [0.3, 0.4) is 0 Å². The summed E-state index contributed by atoms with van der Waals surface area (Å²) in [6, 6.07) is 11.0. The van der Waals surface area contributed by atoms with Gasteiger partial charge in [0, 0.05) is 11.9 Å². The molecule has 0 spiro atoms. The van der Waals surface area contributed by atoms with Gasteiger partial charge in [-0.25, -0.2) is 9.37 Å². The maximum Gasteiger partial charge on any atom is 0.248 e. The molecule has 0 radical (unpaired) electrons. The van der Waals surface area contributed by atoms with Crippen molar-refractivity contribution in [3.05, 3.63) is 60.0 Å². The number of anilines is 1. The third kappa shape index (κ3) is 3.91. The standard InChI is InChI=1S/C17H16FN3O2S/c18-12-6-2-1-5-11(12)9-14-17(23)20-13(10-24-14)16(22)21-15-7-3-4-8-19-15/h1-8,13-14H,9-10H2,(H,20,23)(H,19,21,22)/t13-,14-/m1/s1. The van der Waals surface area contributed by atoms with E-state index in [4.69, 9.17) is 0 Å². The normalized spacial score (nSPS) is 20.3. The predicted molar refractivity (Wildman–Crippen MR) is 91.1 cm³/mol. The zero-order chi connectivity index (χ0) is 16.9. The first-order valence-corrected chi connectivity index (χ1v) is 8.55. The van der Waals surface area contributed by atoms with E-state index in [1.165, 1.54) is 17.8 Å². The number of hydrogen-bond donors (Lipinski definition) is 2. The van der Waals surface area contributed by atoms with Crippen LogP contribution in [0.5, 0.6) is 0 Å². The predicted octanol–water partition coefficient (Wildman–Crippen LogP) is 2.00. The lowest BCUT2D eigenvalue weighted by Gasteiger charge is -2.28. The van der Waals surface area contributed by atoms with E-state index in [2.05, 4.69) is 15.6 Å². The van der Waals surface area contributed by atoms with Crippen molar-refractivity contribution in [2.45, 2.75) is 17.7 Å². The van der Waals surface area contributed by atoms with Crippen molar-refractivity contribution in [3.8, 4) is 0 Å². The second kappa shape index (κ2) is 7.44. The van der Waals surface area contributed by atoms with Crippen molar-refractivity contribution >= 4 is 29.4 Å². The van der Waals surface area contributed by atoms with Gasteiger partial charge < -0.3 is 10.6 Å². The zero-order valence-corrected chi connectivity index (χ0v) is 13.6. The molecule has 1 aliphatic rings. The van der Waals surface area contributed by atoms with Crippen molar-refractivity contribution < 1.29 is 14.0 Å². The molecule has 1 aliphatic heterocycles. The van der Waals surface area contributed by atoms with Crippen molar-refractivity contribution in [1.82, 2.24) is 10.3 Å². The summed E-state index contributed by atoms with van der Waals surface area (Å²) in [4.78, 5) is 28.4. The van der Waals surface area contributed by atoms with Crippen LogP contribution in [0, 0.1) is 5.82 Å². The van der Waals surface area contributed by atoms with Gasteiger partial charge in [0.05, 0.1) is 5.25 Å². The molecule has 1 saturated heterocycles. The molecule has 5 nitrogen and oxygen atoms in total. The Bertz CT molecular complexity index is 742. The van der Waals surface area contributed by atoms with E-state index in [9.17, 15) is 14.0 Å². The van der Waals surface area contributed by atoms with E-state index in [1.54, 1.807) is 42.6 Å². The Kier molecular flexibility index (Phi) is 5.10. The second-order valence-corrected chi connectivity index (χ2v) is 6.62. The summed E-state index contributed by atoms with van der Waals surface area (Å²) in [6.07, 6.45) is 1.88. The lowest BCUT2D eigenvalue weighted by atomic mass is 10.1. The van der Waals surface area contributed by atoms with Gasteiger partial charge in [-0.05, 0) is 30.2 Å². The molecule has 124 valence electrons. The topological polar surface area (TPSA) is 71.1 Å². The van der Waals surface area contributed by atoms with Crippen LogP contribution in [0.1, 0.15) is 5.56 Å². The molecule has 2 aromatic rings. The summed E-state index contributed by atoms with van der Waals surface area (Å²) >= 11 is 1.36. The van der Waals surface area contributed by atoms with E-state index in [0.717, 1.165) is 0 Å². The fourth-order valence-electron chi connectivity index (χ4n) is 2.40. The highest BCUT2D eigenvalue weighted by Crippen LogP contribution is 2.23. The molecule has 2 amide bonds. The highest BCUT2D eigenvalue weighted by Gasteiger charge is 2.32. The van der Waals surface area contributed by atoms with Crippen LogP contribution in [-0.2, 0) is 16.0 Å². The fraction of sp³-hybridized carbons (Fsp3) is 0.235. The Balaban J connectivity index is 1.58. The maximum absolute atomic E-state index is 13.7. The first-order valence-electron chi connectivity index (χ1n) is 7.51. The van der Waals surface area contributed by atoms with Gasteiger partial charge in [-0.1, -0.05) is 24.3 Å². The van der Waals surface area contributed by atoms with Gasteiger partial charge in [0.2, 0.25) is 11.8 Å². The smallest absolute Gasteiger partial charge is 0.248 e. The molecule has 0 unspecified atom stereocenters. The van der Waals surface area contributed by atoms with E-state index >= 15 is 0 Å².